The Hall–Kier alpha value is -4.68. The van der Waals surface area contributed by atoms with Crippen molar-refractivity contribution in [2.24, 2.45) is 7.05 Å². The predicted octanol–water partition coefficient (Wildman–Crippen LogP) is 4.75. The smallest absolute Gasteiger partial charge is 0.412 e. The third-order valence-corrected chi connectivity index (χ3v) is 7.12. The van der Waals surface area contributed by atoms with Crippen LogP contribution in [0.1, 0.15) is 45.9 Å². The van der Waals surface area contributed by atoms with Crippen molar-refractivity contribution in [1.82, 2.24) is 29.4 Å². The molecule has 5 rings (SSSR count). The first-order valence-electron chi connectivity index (χ1n) is 13.8. The number of fused-ring (bicyclic) bond motifs is 2. The van der Waals surface area contributed by atoms with Gasteiger partial charge in [-0.15, -0.1) is 0 Å². The lowest BCUT2D eigenvalue weighted by Crippen LogP contribution is -2.38. The van der Waals surface area contributed by atoms with E-state index in [-0.39, 0.29) is 35.6 Å². The van der Waals surface area contributed by atoms with Crippen LogP contribution in [0, 0.1) is 12.7 Å². The number of nitrogens with zero attached hydrogens (tertiary/aromatic N) is 6. The zero-order valence-corrected chi connectivity index (χ0v) is 24.9. The van der Waals surface area contributed by atoms with E-state index < -0.39 is 17.5 Å². The van der Waals surface area contributed by atoms with Gasteiger partial charge in [-0.25, -0.2) is 14.2 Å². The van der Waals surface area contributed by atoms with Gasteiger partial charge in [0.1, 0.15) is 23.8 Å². The first-order valence-corrected chi connectivity index (χ1v) is 13.8. The summed E-state index contributed by atoms with van der Waals surface area (Å²) >= 11 is 0. The van der Waals surface area contributed by atoms with E-state index in [4.69, 9.17) is 10.5 Å². The molecule has 0 unspecified atom stereocenters. The Morgan fingerprint density at radius 3 is 2.55 bits per heavy atom. The van der Waals surface area contributed by atoms with E-state index in [1.165, 1.54) is 10.9 Å². The average Bonchev–Trinajstić information content (AvgIpc) is 3.31. The Morgan fingerprint density at radius 1 is 1.17 bits per heavy atom. The molecule has 1 aliphatic heterocycles. The van der Waals surface area contributed by atoms with Gasteiger partial charge in [0.05, 0.1) is 11.4 Å². The highest BCUT2D eigenvalue weighted by Gasteiger charge is 2.26. The topological polar surface area (TPSA) is 145 Å². The second-order valence-corrected chi connectivity index (χ2v) is 11.7. The molecule has 4 aromatic rings. The fourth-order valence-corrected chi connectivity index (χ4v) is 5.18. The molecule has 0 bridgehead atoms. The quantitative estimate of drug-likeness (QED) is 0.308. The number of amides is 2. The van der Waals surface area contributed by atoms with E-state index in [0.29, 0.717) is 46.6 Å². The first-order chi connectivity index (χ1) is 19.7. The maximum atomic E-state index is 16.1. The number of halogens is 1. The summed E-state index contributed by atoms with van der Waals surface area (Å²) in [6, 6.07) is 5.43. The van der Waals surface area contributed by atoms with Gasteiger partial charge in [0.15, 0.2) is 11.6 Å². The monoisotopic (exact) mass is 577 g/mol. The number of nitrogens with two attached hydrogens (primary N) is 1. The van der Waals surface area contributed by atoms with Gasteiger partial charge in [-0.2, -0.15) is 10.2 Å². The molecule has 4 heterocycles. The van der Waals surface area contributed by atoms with Crippen molar-refractivity contribution >= 4 is 45.9 Å². The number of benzene rings is 1. The number of anilines is 4. The Morgan fingerprint density at radius 2 is 1.90 bits per heavy atom. The lowest BCUT2D eigenvalue weighted by molar-refractivity contribution is -0.133. The SMILES string of the molecule is Cc1c(N)nn(C)c1-c1cc2cc(Nc3cc4n(n3)CC(=O)N(C(C)C)CC4)ncc2c(NC(=O)OC(C)(C)C)c1F. The summed E-state index contributed by atoms with van der Waals surface area (Å²) in [6.45, 7) is 11.7. The van der Waals surface area contributed by atoms with Gasteiger partial charge in [-0.1, -0.05) is 0 Å². The van der Waals surface area contributed by atoms with Gasteiger partial charge in [0.2, 0.25) is 5.91 Å². The first kappa shape index (κ1) is 28.8. The van der Waals surface area contributed by atoms with Crippen molar-refractivity contribution in [1.29, 1.82) is 0 Å². The maximum Gasteiger partial charge on any atom is 0.412 e. The molecule has 0 radical (unpaired) electrons. The van der Waals surface area contributed by atoms with Gasteiger partial charge >= 0.3 is 6.09 Å². The molecule has 12 nitrogen and oxygen atoms in total. The molecule has 42 heavy (non-hydrogen) atoms. The highest BCUT2D eigenvalue weighted by molar-refractivity contribution is 6.03. The second kappa shape index (κ2) is 10.6. The fourth-order valence-electron chi connectivity index (χ4n) is 5.18. The molecule has 222 valence electrons. The molecule has 0 saturated heterocycles. The van der Waals surface area contributed by atoms with Crippen LogP contribution < -0.4 is 16.4 Å². The summed E-state index contributed by atoms with van der Waals surface area (Å²) < 4.78 is 24.7. The number of ether oxygens (including phenoxy) is 1. The van der Waals surface area contributed by atoms with Gasteiger partial charge < -0.3 is 20.7 Å². The van der Waals surface area contributed by atoms with Crippen LogP contribution >= 0.6 is 0 Å². The molecular weight excluding hydrogens is 541 g/mol. The number of carbonyl (C=O) groups excluding carboxylic acids is 2. The van der Waals surface area contributed by atoms with Crippen LogP contribution in [-0.2, 0) is 29.5 Å². The molecule has 0 spiro atoms. The number of hydrogen-bond donors (Lipinski definition) is 3. The van der Waals surface area contributed by atoms with Crippen LogP contribution in [0.4, 0.5) is 32.3 Å². The molecule has 13 heteroatoms. The lowest BCUT2D eigenvalue weighted by atomic mass is 10.0. The van der Waals surface area contributed by atoms with Crippen molar-refractivity contribution in [3.05, 3.63) is 41.5 Å². The van der Waals surface area contributed by atoms with E-state index in [0.717, 1.165) is 5.69 Å². The van der Waals surface area contributed by atoms with E-state index in [9.17, 15) is 9.59 Å². The average molecular weight is 578 g/mol. The standard InChI is InChI=1S/C29H36FN9O3/c1-15(2)38-9-8-18-12-22(35-39(18)14-23(38)40)33-21-11-17-10-19(26-16(3)27(31)36-37(26)7)24(30)25(20(17)13-32-21)34-28(41)42-29(4,5)6/h10-13,15H,8-9,14H2,1-7H3,(H2,31,36)(H,34,41)(H,32,33,35). The van der Waals surface area contributed by atoms with Crippen LogP contribution in [0.25, 0.3) is 22.0 Å². The van der Waals surface area contributed by atoms with E-state index in [1.54, 1.807) is 51.6 Å². The largest absolute Gasteiger partial charge is 0.444 e. The Labute approximate surface area is 243 Å². The molecule has 2 amide bonds. The van der Waals surface area contributed by atoms with Gasteiger partial charge in [0.25, 0.3) is 0 Å². The summed E-state index contributed by atoms with van der Waals surface area (Å²) in [5.41, 5.74) is 7.40. The van der Waals surface area contributed by atoms with Crippen molar-refractivity contribution < 1.29 is 18.7 Å². The number of aryl methyl sites for hydroxylation is 1. The van der Waals surface area contributed by atoms with E-state index in [1.807, 2.05) is 24.8 Å². The predicted molar refractivity (Wildman–Crippen MR) is 159 cm³/mol. The highest BCUT2D eigenvalue weighted by Crippen LogP contribution is 2.38. The number of nitrogen functional groups attached to an aromatic ring is 1. The maximum absolute atomic E-state index is 16.1. The number of nitrogens with one attached hydrogen (secondary N) is 2. The van der Waals surface area contributed by atoms with Crippen LogP contribution in [-0.4, -0.2) is 59.6 Å². The molecule has 1 aliphatic rings. The fraction of sp³-hybridized carbons (Fsp3) is 0.414. The minimum absolute atomic E-state index is 0.0212. The number of carbonyl (C=O) groups is 2. The van der Waals surface area contributed by atoms with E-state index in [2.05, 4.69) is 25.8 Å². The summed E-state index contributed by atoms with van der Waals surface area (Å²) in [5.74, 6) is 0.619. The summed E-state index contributed by atoms with van der Waals surface area (Å²) in [5, 5.41) is 15.6. The van der Waals surface area contributed by atoms with Gasteiger partial charge in [-0.3, -0.25) is 19.5 Å². The zero-order valence-electron chi connectivity index (χ0n) is 24.9. The highest BCUT2D eigenvalue weighted by atomic mass is 19.1. The van der Waals surface area contributed by atoms with Gasteiger partial charge in [-0.05, 0) is 59.1 Å². The van der Waals surface area contributed by atoms with E-state index >= 15 is 4.39 Å². The minimum atomic E-state index is -0.798. The lowest BCUT2D eigenvalue weighted by Gasteiger charge is -2.24. The second-order valence-electron chi connectivity index (χ2n) is 11.7. The molecule has 3 aromatic heterocycles. The van der Waals surface area contributed by atoms with Crippen LogP contribution in [0.3, 0.4) is 0 Å². The molecule has 0 saturated carbocycles. The number of hydrogen-bond acceptors (Lipinski definition) is 8. The molecule has 0 atom stereocenters. The molecular formula is C29H36FN9O3. The summed E-state index contributed by atoms with van der Waals surface area (Å²) in [6.07, 6.45) is 1.36. The Balaban J connectivity index is 1.54. The van der Waals surface area contributed by atoms with Crippen molar-refractivity contribution in [3.8, 4) is 11.3 Å². The minimum Gasteiger partial charge on any atom is -0.444 e. The van der Waals surface area contributed by atoms with Crippen molar-refractivity contribution in [2.75, 3.05) is 22.9 Å². The summed E-state index contributed by atoms with van der Waals surface area (Å²) in [7, 11) is 1.68. The number of aromatic nitrogens is 5. The van der Waals surface area contributed by atoms with Crippen molar-refractivity contribution in [2.45, 2.75) is 66.2 Å². The number of rotatable bonds is 5. The normalized spacial score (nSPS) is 13.8. The summed E-state index contributed by atoms with van der Waals surface area (Å²) in [4.78, 5) is 31.7. The van der Waals surface area contributed by atoms with Crippen molar-refractivity contribution in [3.63, 3.8) is 0 Å². The Bertz CT molecular complexity index is 1700. The molecule has 4 N–H and O–H groups in total. The van der Waals surface area contributed by atoms with Crippen LogP contribution in [0.5, 0.6) is 0 Å². The Kier molecular flexibility index (Phi) is 7.29. The molecule has 0 aliphatic carbocycles. The third kappa shape index (κ3) is 5.58. The third-order valence-electron chi connectivity index (χ3n) is 7.12. The molecule has 1 aromatic carbocycles. The van der Waals surface area contributed by atoms with Crippen LogP contribution in [0.15, 0.2) is 24.4 Å². The van der Waals surface area contributed by atoms with Crippen LogP contribution in [0.2, 0.25) is 0 Å². The molecule has 0 fully saturated rings. The van der Waals surface area contributed by atoms with Gasteiger partial charge in [0, 0.05) is 60.5 Å². The zero-order chi connectivity index (χ0) is 30.5. The number of pyridine rings is 1.